The maximum absolute atomic E-state index is 12.8. The Kier molecular flexibility index (Phi) is 32.2. The van der Waals surface area contributed by atoms with Crippen LogP contribution in [-0.2, 0) is 32.7 Å². The number of aliphatic hydroxyl groups excluding tert-OH is 5. The third-order valence-electron chi connectivity index (χ3n) is 9.58. The molecule has 0 radical (unpaired) electrons. The number of unbranched alkanes of at least 4 members (excludes halogenated alkanes) is 10. The molecule has 0 aromatic heterocycles. The van der Waals surface area contributed by atoms with Gasteiger partial charge < -0.3 is 39.9 Å². The lowest BCUT2D eigenvalue weighted by molar-refractivity contribution is -0.220. The predicted molar refractivity (Wildman–Crippen MR) is 230 cm³/mol. The minimum atomic E-state index is -5.14. The van der Waals surface area contributed by atoms with Gasteiger partial charge in [0.2, 0.25) is 0 Å². The molecule has 0 aromatic carbocycles. The van der Waals surface area contributed by atoms with Crippen LogP contribution in [0.3, 0.4) is 0 Å². The van der Waals surface area contributed by atoms with E-state index in [0.29, 0.717) is 19.3 Å². The van der Waals surface area contributed by atoms with Gasteiger partial charge in [-0.15, -0.1) is 0 Å². The molecule has 59 heavy (non-hydrogen) atoms. The van der Waals surface area contributed by atoms with Crippen molar-refractivity contribution in [2.45, 2.75) is 185 Å². The molecule has 0 saturated heterocycles. The molecule has 0 amide bonds. The molecule has 0 aliphatic heterocycles. The predicted octanol–water partition coefficient (Wildman–Crippen LogP) is 7.94. The topological polar surface area (TPSA) is 210 Å². The Morgan fingerprint density at radius 3 is 1.44 bits per heavy atom. The molecule has 1 saturated carbocycles. The smallest absolute Gasteiger partial charge is 0.462 e. The van der Waals surface area contributed by atoms with E-state index in [-0.39, 0.29) is 12.8 Å². The number of phosphoric acid groups is 1. The Balaban J connectivity index is 2.55. The summed E-state index contributed by atoms with van der Waals surface area (Å²) < 4.78 is 33.3. The van der Waals surface area contributed by atoms with Crippen LogP contribution in [0.4, 0.5) is 0 Å². The quantitative estimate of drug-likeness (QED) is 0.0157. The molecule has 0 heterocycles. The van der Waals surface area contributed by atoms with E-state index in [0.717, 1.165) is 51.4 Å². The van der Waals surface area contributed by atoms with Crippen molar-refractivity contribution in [3.63, 3.8) is 0 Å². The highest BCUT2D eigenvalue weighted by Gasteiger charge is 2.51. The zero-order valence-electron chi connectivity index (χ0n) is 35.5. The summed E-state index contributed by atoms with van der Waals surface area (Å²) in [5.41, 5.74) is 0. The number of esters is 2. The fraction of sp³-hybridized carbons (Fsp3) is 0.689. The van der Waals surface area contributed by atoms with Gasteiger partial charge in [-0.2, -0.15) is 0 Å². The van der Waals surface area contributed by atoms with E-state index >= 15 is 0 Å². The number of phosphoric ester groups is 1. The van der Waals surface area contributed by atoms with Crippen LogP contribution in [0.1, 0.15) is 142 Å². The molecule has 0 bridgehead atoms. The molecule has 1 rings (SSSR count). The number of carbonyl (C=O) groups excluding carboxylic acids is 2. The van der Waals surface area contributed by atoms with Gasteiger partial charge in [0.05, 0.1) is 6.61 Å². The van der Waals surface area contributed by atoms with E-state index < -0.39 is 75.7 Å². The van der Waals surface area contributed by atoms with Crippen LogP contribution >= 0.6 is 7.82 Å². The van der Waals surface area contributed by atoms with Gasteiger partial charge in [-0.25, -0.2) is 4.57 Å². The van der Waals surface area contributed by atoms with Crippen LogP contribution in [0.2, 0.25) is 0 Å². The number of aliphatic hydroxyl groups is 5. The van der Waals surface area contributed by atoms with Crippen molar-refractivity contribution >= 4 is 19.8 Å². The van der Waals surface area contributed by atoms with E-state index in [2.05, 4.69) is 68.5 Å². The summed E-state index contributed by atoms with van der Waals surface area (Å²) in [4.78, 5) is 35.5. The second-order valence-electron chi connectivity index (χ2n) is 14.8. The lowest BCUT2D eigenvalue weighted by Crippen LogP contribution is -2.64. The van der Waals surface area contributed by atoms with Crippen molar-refractivity contribution < 1.29 is 63.1 Å². The van der Waals surface area contributed by atoms with E-state index in [9.17, 15) is 44.6 Å². The van der Waals surface area contributed by atoms with E-state index in [1.54, 1.807) is 0 Å². The molecule has 6 N–H and O–H groups in total. The molecule has 338 valence electrons. The highest BCUT2D eigenvalue weighted by molar-refractivity contribution is 7.47. The Labute approximate surface area is 353 Å². The Morgan fingerprint density at radius 1 is 0.542 bits per heavy atom. The Bertz CT molecular complexity index is 1310. The summed E-state index contributed by atoms with van der Waals surface area (Å²) in [6, 6.07) is 0. The van der Waals surface area contributed by atoms with Gasteiger partial charge in [0.15, 0.2) is 6.10 Å². The molecule has 1 aliphatic carbocycles. The van der Waals surface area contributed by atoms with Gasteiger partial charge in [-0.1, -0.05) is 151 Å². The molecule has 0 aromatic rings. The molecule has 6 unspecified atom stereocenters. The van der Waals surface area contributed by atoms with Crippen molar-refractivity contribution in [3.8, 4) is 0 Å². The third-order valence-corrected chi connectivity index (χ3v) is 10.6. The monoisotopic (exact) mass is 854 g/mol. The van der Waals surface area contributed by atoms with Crippen LogP contribution < -0.4 is 0 Å². The largest absolute Gasteiger partial charge is 0.472 e. The standard InChI is InChI=1S/C45H75O13P/c1-3-5-7-9-11-13-15-16-17-18-19-20-21-22-24-26-28-30-32-34-39(47)57-37(35-55-38(46)33-31-29-27-25-23-14-12-10-8-6-4-2)36-56-59(53,54)58-45-43(51)41(49)40(48)42(50)44(45)52/h5,7,11,13,16-17,19-20,22,24,28,30,37,40-45,48-52H,3-4,6,8-10,12,14-15,18,21,23,25-27,29,31-36H2,1-2H3,(H,53,54)/b7-5+,13-11+,17-16+,20-19+,24-22+,30-28+/t37-,40?,41+,42?,43?,44?,45?/m1/s1. The van der Waals surface area contributed by atoms with Gasteiger partial charge in [0, 0.05) is 12.8 Å². The molecule has 14 heteroatoms. The maximum Gasteiger partial charge on any atom is 0.472 e. The van der Waals surface area contributed by atoms with Crippen molar-refractivity contribution in [2.24, 2.45) is 0 Å². The highest BCUT2D eigenvalue weighted by Crippen LogP contribution is 2.47. The lowest BCUT2D eigenvalue weighted by Gasteiger charge is -2.41. The number of rotatable bonds is 34. The minimum absolute atomic E-state index is 0.0306. The Morgan fingerprint density at radius 2 is 0.966 bits per heavy atom. The van der Waals surface area contributed by atoms with E-state index in [4.69, 9.17) is 18.5 Å². The summed E-state index contributed by atoms with van der Waals surface area (Å²) in [6.45, 7) is 3.09. The van der Waals surface area contributed by atoms with Crippen LogP contribution in [0.5, 0.6) is 0 Å². The number of carbonyl (C=O) groups is 2. The van der Waals surface area contributed by atoms with Crippen LogP contribution in [0.15, 0.2) is 72.9 Å². The molecular formula is C45H75O13P. The zero-order valence-corrected chi connectivity index (χ0v) is 36.4. The first kappa shape index (κ1) is 54.3. The van der Waals surface area contributed by atoms with Crippen LogP contribution in [-0.4, -0.2) is 98.3 Å². The molecular weight excluding hydrogens is 779 g/mol. The number of hydrogen-bond donors (Lipinski definition) is 6. The number of hydrogen-bond acceptors (Lipinski definition) is 12. The second-order valence-corrected chi connectivity index (χ2v) is 16.2. The second kappa shape index (κ2) is 34.9. The van der Waals surface area contributed by atoms with Gasteiger partial charge >= 0.3 is 19.8 Å². The average molecular weight is 855 g/mol. The van der Waals surface area contributed by atoms with Gasteiger partial charge in [0.1, 0.15) is 43.2 Å². The van der Waals surface area contributed by atoms with Crippen molar-refractivity contribution in [1.82, 2.24) is 0 Å². The summed E-state index contributed by atoms with van der Waals surface area (Å²) >= 11 is 0. The summed E-state index contributed by atoms with van der Waals surface area (Å²) in [7, 11) is -5.14. The van der Waals surface area contributed by atoms with Gasteiger partial charge in [-0.3, -0.25) is 18.6 Å². The number of allylic oxidation sites excluding steroid dienone is 12. The summed E-state index contributed by atoms with van der Waals surface area (Å²) in [6.07, 6.45) is 29.8. The summed E-state index contributed by atoms with van der Waals surface area (Å²) in [5.74, 6) is -1.20. The van der Waals surface area contributed by atoms with Crippen molar-refractivity contribution in [1.29, 1.82) is 0 Å². The van der Waals surface area contributed by atoms with Crippen LogP contribution in [0, 0.1) is 0 Å². The first-order chi connectivity index (χ1) is 28.4. The molecule has 8 atom stereocenters. The van der Waals surface area contributed by atoms with Crippen molar-refractivity contribution in [3.05, 3.63) is 72.9 Å². The zero-order chi connectivity index (χ0) is 43.6. The fourth-order valence-corrected chi connectivity index (χ4v) is 7.05. The SMILES string of the molecule is CC/C=C/C/C=C/C/C=C/C/C=C/C/C=C/C/C=C/CCC(=O)O[C@H](COC(=O)CCCCCCCCCCCCC)COP(=O)(O)OC1C(O)C(O)C(O)[C@H](O)C1O. The van der Waals surface area contributed by atoms with Crippen molar-refractivity contribution in [2.75, 3.05) is 13.2 Å². The van der Waals surface area contributed by atoms with Gasteiger partial charge in [0.25, 0.3) is 0 Å². The third kappa shape index (κ3) is 27.7. The van der Waals surface area contributed by atoms with Crippen LogP contribution in [0.25, 0.3) is 0 Å². The van der Waals surface area contributed by atoms with E-state index in [1.165, 1.54) is 44.9 Å². The highest BCUT2D eigenvalue weighted by atomic mass is 31.2. The molecule has 13 nitrogen and oxygen atoms in total. The average Bonchev–Trinajstić information content (AvgIpc) is 3.21. The fourth-order valence-electron chi connectivity index (χ4n) is 6.08. The Hall–Kier alpha value is -2.71. The first-order valence-electron chi connectivity index (χ1n) is 21.7. The molecule has 1 fully saturated rings. The molecule has 1 aliphatic rings. The normalized spacial score (nSPS) is 23.1. The lowest BCUT2D eigenvalue weighted by atomic mass is 9.85. The first-order valence-corrected chi connectivity index (χ1v) is 23.2. The van der Waals surface area contributed by atoms with E-state index in [1.807, 2.05) is 18.2 Å². The molecule has 0 spiro atoms. The maximum atomic E-state index is 12.8. The number of ether oxygens (including phenoxy) is 2. The van der Waals surface area contributed by atoms with Gasteiger partial charge in [-0.05, 0) is 51.4 Å². The summed E-state index contributed by atoms with van der Waals surface area (Å²) in [5, 5.41) is 50.0. The minimum Gasteiger partial charge on any atom is -0.462 e.